The zero-order valence-corrected chi connectivity index (χ0v) is 12.4. The second-order valence-corrected chi connectivity index (χ2v) is 5.26. The molecule has 1 N–H and O–H groups in total. The van der Waals surface area contributed by atoms with Crippen LogP contribution in [0.25, 0.3) is 5.69 Å². The van der Waals surface area contributed by atoms with E-state index in [2.05, 4.69) is 43.3 Å². The van der Waals surface area contributed by atoms with Crippen LogP contribution < -0.4 is 5.32 Å². The Morgan fingerprint density at radius 2 is 2.11 bits per heavy atom. The van der Waals surface area contributed by atoms with E-state index in [0.29, 0.717) is 5.92 Å². The molecule has 0 radical (unpaired) electrons. The smallest absolute Gasteiger partial charge is 0.0705 e. The summed E-state index contributed by atoms with van der Waals surface area (Å²) in [4.78, 5) is 0. The van der Waals surface area contributed by atoms with E-state index in [9.17, 15) is 0 Å². The van der Waals surface area contributed by atoms with Gasteiger partial charge in [-0.1, -0.05) is 38.4 Å². The molecule has 0 aliphatic carbocycles. The number of hydrogen-bond acceptors (Lipinski definition) is 2. The first kappa shape index (κ1) is 14.1. The van der Waals surface area contributed by atoms with Crippen LogP contribution in [0.1, 0.15) is 37.9 Å². The van der Waals surface area contributed by atoms with Crippen LogP contribution in [-0.4, -0.2) is 16.3 Å². The number of nitrogens with zero attached hydrogens (tertiary/aromatic N) is 2. The summed E-state index contributed by atoms with van der Waals surface area (Å²) in [5, 5.41) is 8.72. The molecule has 0 aliphatic heterocycles. The molecule has 0 saturated heterocycles. The van der Waals surface area contributed by atoms with Crippen molar-refractivity contribution in [1.29, 1.82) is 0 Å². The SMILES string of the molecule is CCNCc1c(Cl)cccc1-n1ccc(C(C)C)n1. The predicted octanol–water partition coefficient (Wildman–Crippen LogP) is 3.76. The van der Waals surface area contributed by atoms with E-state index < -0.39 is 0 Å². The van der Waals surface area contributed by atoms with Gasteiger partial charge in [-0.15, -0.1) is 0 Å². The summed E-state index contributed by atoms with van der Waals surface area (Å²) in [5.41, 5.74) is 3.22. The van der Waals surface area contributed by atoms with E-state index in [1.807, 2.05) is 23.0 Å². The third-order valence-electron chi connectivity index (χ3n) is 3.09. The topological polar surface area (TPSA) is 29.9 Å². The van der Waals surface area contributed by atoms with Crippen molar-refractivity contribution in [2.24, 2.45) is 0 Å². The largest absolute Gasteiger partial charge is 0.313 e. The highest BCUT2D eigenvalue weighted by atomic mass is 35.5. The molecule has 0 aliphatic rings. The minimum Gasteiger partial charge on any atom is -0.313 e. The lowest BCUT2D eigenvalue weighted by atomic mass is 10.1. The van der Waals surface area contributed by atoms with Crippen molar-refractivity contribution in [1.82, 2.24) is 15.1 Å². The van der Waals surface area contributed by atoms with Crippen LogP contribution in [0.4, 0.5) is 0 Å². The van der Waals surface area contributed by atoms with Crippen LogP contribution in [-0.2, 0) is 6.54 Å². The van der Waals surface area contributed by atoms with Gasteiger partial charge in [-0.3, -0.25) is 0 Å². The van der Waals surface area contributed by atoms with Crippen LogP contribution in [0.2, 0.25) is 5.02 Å². The molecule has 19 heavy (non-hydrogen) atoms. The lowest BCUT2D eigenvalue weighted by Crippen LogP contribution is -2.14. The first-order valence-corrected chi connectivity index (χ1v) is 7.05. The second kappa shape index (κ2) is 6.22. The van der Waals surface area contributed by atoms with Gasteiger partial charge in [0.05, 0.1) is 11.4 Å². The van der Waals surface area contributed by atoms with Crippen molar-refractivity contribution in [2.75, 3.05) is 6.54 Å². The molecule has 2 rings (SSSR count). The van der Waals surface area contributed by atoms with E-state index in [0.717, 1.165) is 35.1 Å². The molecule has 0 unspecified atom stereocenters. The highest BCUT2D eigenvalue weighted by Gasteiger charge is 2.10. The van der Waals surface area contributed by atoms with Crippen molar-refractivity contribution in [3.63, 3.8) is 0 Å². The number of rotatable bonds is 5. The number of benzene rings is 1. The third kappa shape index (κ3) is 3.17. The van der Waals surface area contributed by atoms with Crippen LogP contribution in [0.15, 0.2) is 30.5 Å². The summed E-state index contributed by atoms with van der Waals surface area (Å²) in [6, 6.07) is 7.99. The monoisotopic (exact) mass is 277 g/mol. The third-order valence-corrected chi connectivity index (χ3v) is 3.45. The fourth-order valence-corrected chi connectivity index (χ4v) is 2.20. The van der Waals surface area contributed by atoms with Crippen molar-refractivity contribution in [2.45, 2.75) is 33.2 Å². The number of nitrogens with one attached hydrogen (secondary N) is 1. The molecule has 0 bridgehead atoms. The van der Waals surface area contributed by atoms with Crippen molar-refractivity contribution in [3.8, 4) is 5.69 Å². The molecule has 1 aromatic carbocycles. The summed E-state index contributed by atoms with van der Waals surface area (Å²) >= 11 is 6.30. The molecule has 3 nitrogen and oxygen atoms in total. The van der Waals surface area contributed by atoms with Gasteiger partial charge in [0.2, 0.25) is 0 Å². The van der Waals surface area contributed by atoms with Crippen LogP contribution in [0, 0.1) is 0 Å². The van der Waals surface area contributed by atoms with Gasteiger partial charge in [-0.2, -0.15) is 5.10 Å². The highest BCUT2D eigenvalue weighted by molar-refractivity contribution is 6.31. The van der Waals surface area contributed by atoms with Crippen molar-refractivity contribution in [3.05, 3.63) is 46.7 Å². The molecule has 0 spiro atoms. The average molecular weight is 278 g/mol. The summed E-state index contributed by atoms with van der Waals surface area (Å²) in [7, 11) is 0. The van der Waals surface area contributed by atoms with Gasteiger partial charge < -0.3 is 5.32 Å². The minimum absolute atomic E-state index is 0.428. The molecule has 0 amide bonds. The van der Waals surface area contributed by atoms with Crippen molar-refractivity contribution < 1.29 is 0 Å². The van der Waals surface area contributed by atoms with E-state index in [1.54, 1.807) is 0 Å². The Labute approximate surface area is 119 Å². The van der Waals surface area contributed by atoms with Gasteiger partial charge >= 0.3 is 0 Å². The van der Waals surface area contributed by atoms with E-state index in [1.165, 1.54) is 0 Å². The Morgan fingerprint density at radius 1 is 1.32 bits per heavy atom. The highest BCUT2D eigenvalue weighted by Crippen LogP contribution is 2.24. The Hall–Kier alpha value is -1.32. The molecular weight excluding hydrogens is 258 g/mol. The molecule has 0 atom stereocenters. The Balaban J connectivity index is 2.39. The molecule has 0 saturated carbocycles. The van der Waals surface area contributed by atoms with E-state index >= 15 is 0 Å². The number of aromatic nitrogens is 2. The maximum absolute atomic E-state index is 6.30. The molecular formula is C15H20ClN3. The molecule has 1 aromatic heterocycles. The maximum atomic E-state index is 6.30. The standard InChI is InChI=1S/C15H20ClN3/c1-4-17-10-12-13(16)6-5-7-15(12)19-9-8-14(18-19)11(2)3/h5-9,11,17H,4,10H2,1-3H3. The molecule has 0 fully saturated rings. The first-order valence-electron chi connectivity index (χ1n) is 6.67. The quantitative estimate of drug-likeness (QED) is 0.902. The fraction of sp³-hybridized carbons (Fsp3) is 0.400. The normalized spacial score (nSPS) is 11.2. The lowest BCUT2D eigenvalue weighted by molar-refractivity contribution is 0.711. The number of halogens is 1. The summed E-state index contributed by atoms with van der Waals surface area (Å²) in [6.07, 6.45) is 2.00. The Morgan fingerprint density at radius 3 is 2.74 bits per heavy atom. The molecule has 1 heterocycles. The van der Waals surface area contributed by atoms with Gasteiger partial charge in [0.25, 0.3) is 0 Å². The summed E-state index contributed by atoms with van der Waals surface area (Å²) in [5.74, 6) is 0.428. The molecule has 102 valence electrons. The zero-order chi connectivity index (χ0) is 13.8. The molecule has 4 heteroatoms. The van der Waals surface area contributed by atoms with Gasteiger partial charge in [0.15, 0.2) is 0 Å². The van der Waals surface area contributed by atoms with Gasteiger partial charge in [-0.05, 0) is 30.7 Å². The number of hydrogen-bond donors (Lipinski definition) is 1. The average Bonchev–Trinajstić information content (AvgIpc) is 2.86. The minimum atomic E-state index is 0.428. The maximum Gasteiger partial charge on any atom is 0.0705 e. The van der Waals surface area contributed by atoms with Gasteiger partial charge in [0, 0.05) is 23.3 Å². The Bertz CT molecular complexity index is 546. The summed E-state index contributed by atoms with van der Waals surface area (Å²) < 4.78 is 1.91. The first-order chi connectivity index (χ1) is 9.13. The van der Waals surface area contributed by atoms with E-state index in [-0.39, 0.29) is 0 Å². The van der Waals surface area contributed by atoms with Crippen LogP contribution in [0.5, 0.6) is 0 Å². The van der Waals surface area contributed by atoms with Crippen LogP contribution >= 0.6 is 11.6 Å². The molecule has 2 aromatic rings. The van der Waals surface area contributed by atoms with Crippen LogP contribution in [0.3, 0.4) is 0 Å². The second-order valence-electron chi connectivity index (χ2n) is 4.86. The lowest BCUT2D eigenvalue weighted by Gasteiger charge is -2.12. The predicted molar refractivity (Wildman–Crippen MR) is 80.0 cm³/mol. The Kier molecular flexibility index (Phi) is 4.61. The zero-order valence-electron chi connectivity index (χ0n) is 11.7. The van der Waals surface area contributed by atoms with Gasteiger partial charge in [0.1, 0.15) is 0 Å². The fourth-order valence-electron chi connectivity index (χ4n) is 1.97. The van der Waals surface area contributed by atoms with E-state index in [4.69, 9.17) is 11.6 Å². The van der Waals surface area contributed by atoms with Gasteiger partial charge in [-0.25, -0.2) is 4.68 Å². The van der Waals surface area contributed by atoms with Crippen molar-refractivity contribution >= 4 is 11.6 Å². The summed E-state index contributed by atoms with van der Waals surface area (Å²) in [6.45, 7) is 8.04.